The predicted molar refractivity (Wildman–Crippen MR) is 132 cm³/mol. The van der Waals surface area contributed by atoms with Gasteiger partial charge in [0, 0.05) is 24.8 Å². The largest absolute Gasteiger partial charge is 0.336 e. The SMILES string of the molecule is O=C(Nc1ccccc1)NC1CCN(C(=O)c2nc(-c3cccs3)n(-c3cccc(F)c3)n2)CC1. The molecule has 1 fully saturated rings. The van der Waals surface area contributed by atoms with Gasteiger partial charge in [0.05, 0.1) is 10.6 Å². The molecule has 10 heteroatoms. The Kier molecular flexibility index (Phi) is 6.53. The van der Waals surface area contributed by atoms with Crippen molar-refractivity contribution in [2.24, 2.45) is 0 Å². The van der Waals surface area contributed by atoms with Gasteiger partial charge in [-0.1, -0.05) is 30.3 Å². The van der Waals surface area contributed by atoms with Crippen LogP contribution in [0.2, 0.25) is 0 Å². The maximum absolute atomic E-state index is 13.9. The highest BCUT2D eigenvalue weighted by Crippen LogP contribution is 2.26. The van der Waals surface area contributed by atoms with Gasteiger partial charge in [-0.25, -0.2) is 18.9 Å². The number of halogens is 1. The van der Waals surface area contributed by atoms with Crippen LogP contribution in [0, 0.1) is 5.82 Å². The van der Waals surface area contributed by atoms with Crippen LogP contribution in [0.3, 0.4) is 0 Å². The van der Waals surface area contributed by atoms with E-state index >= 15 is 0 Å². The average molecular weight is 491 g/mol. The van der Waals surface area contributed by atoms with Gasteiger partial charge in [-0.3, -0.25) is 4.79 Å². The van der Waals surface area contributed by atoms with Gasteiger partial charge in [-0.2, -0.15) is 0 Å². The van der Waals surface area contributed by atoms with Crippen molar-refractivity contribution < 1.29 is 14.0 Å². The molecule has 3 heterocycles. The molecule has 4 aromatic rings. The average Bonchev–Trinajstić information content (AvgIpc) is 3.55. The van der Waals surface area contributed by atoms with E-state index in [4.69, 9.17) is 0 Å². The molecule has 1 saturated heterocycles. The van der Waals surface area contributed by atoms with E-state index in [2.05, 4.69) is 20.7 Å². The molecule has 0 unspecified atom stereocenters. The van der Waals surface area contributed by atoms with Crippen LogP contribution in [-0.2, 0) is 0 Å². The van der Waals surface area contributed by atoms with Gasteiger partial charge in [0.2, 0.25) is 5.82 Å². The number of rotatable bonds is 5. The number of hydrogen-bond acceptors (Lipinski definition) is 5. The van der Waals surface area contributed by atoms with E-state index in [0.29, 0.717) is 37.4 Å². The molecular weight excluding hydrogens is 467 g/mol. The first-order valence-electron chi connectivity index (χ1n) is 11.3. The van der Waals surface area contributed by atoms with Crippen LogP contribution in [0.4, 0.5) is 14.9 Å². The summed E-state index contributed by atoms with van der Waals surface area (Å²) in [6.45, 7) is 0.940. The zero-order chi connectivity index (χ0) is 24.2. The maximum Gasteiger partial charge on any atom is 0.319 e. The molecule has 2 aromatic carbocycles. The summed E-state index contributed by atoms with van der Waals surface area (Å²) in [5, 5.41) is 12.1. The minimum atomic E-state index is -0.395. The summed E-state index contributed by atoms with van der Waals surface area (Å²) in [5.74, 6) is -0.131. The second-order valence-corrected chi connectivity index (χ2v) is 9.11. The van der Waals surface area contributed by atoms with Crippen molar-refractivity contribution in [3.8, 4) is 16.4 Å². The number of nitrogens with one attached hydrogen (secondary N) is 2. The highest BCUT2D eigenvalue weighted by Gasteiger charge is 2.28. The van der Waals surface area contributed by atoms with Crippen LogP contribution in [-0.4, -0.2) is 50.7 Å². The summed E-state index contributed by atoms with van der Waals surface area (Å²) in [7, 11) is 0. The van der Waals surface area contributed by atoms with E-state index in [1.54, 1.807) is 17.0 Å². The quantitative estimate of drug-likeness (QED) is 0.429. The first kappa shape index (κ1) is 22.7. The van der Waals surface area contributed by atoms with E-state index in [1.165, 1.54) is 28.2 Å². The molecule has 178 valence electrons. The number of carbonyl (C=O) groups is 2. The number of urea groups is 1. The molecule has 0 radical (unpaired) electrons. The van der Waals surface area contributed by atoms with Crippen molar-refractivity contribution in [2.75, 3.05) is 18.4 Å². The lowest BCUT2D eigenvalue weighted by Crippen LogP contribution is -2.47. The lowest BCUT2D eigenvalue weighted by molar-refractivity contribution is 0.0696. The van der Waals surface area contributed by atoms with E-state index in [-0.39, 0.29) is 23.8 Å². The third-order valence-corrected chi connectivity index (χ3v) is 6.61. The van der Waals surface area contributed by atoms with Crippen LogP contribution in [0.1, 0.15) is 23.5 Å². The fourth-order valence-electron chi connectivity index (χ4n) is 4.00. The third kappa shape index (κ3) is 5.22. The predicted octanol–water partition coefficient (Wildman–Crippen LogP) is 4.56. The summed E-state index contributed by atoms with van der Waals surface area (Å²) < 4.78 is 15.4. The van der Waals surface area contributed by atoms with Crippen molar-refractivity contribution in [1.29, 1.82) is 0 Å². The topological polar surface area (TPSA) is 92.2 Å². The number of benzene rings is 2. The Morgan fingerprint density at radius 3 is 2.51 bits per heavy atom. The Hall–Kier alpha value is -4.05. The highest BCUT2D eigenvalue weighted by atomic mass is 32.1. The number of piperidine rings is 1. The first-order valence-corrected chi connectivity index (χ1v) is 12.1. The standard InChI is InChI=1S/C25H23FN6O2S/c26-17-6-4-9-20(16-17)32-23(21-10-5-15-35-21)29-22(30-32)24(33)31-13-11-19(12-14-31)28-25(34)27-18-7-2-1-3-8-18/h1-10,15-16,19H,11-14H2,(H2,27,28,34). The van der Waals surface area contributed by atoms with E-state index in [0.717, 1.165) is 10.6 Å². The fourth-order valence-corrected chi connectivity index (χ4v) is 4.70. The van der Waals surface area contributed by atoms with Crippen LogP contribution in [0.15, 0.2) is 72.1 Å². The van der Waals surface area contributed by atoms with Gasteiger partial charge in [0.15, 0.2) is 5.82 Å². The first-order chi connectivity index (χ1) is 17.1. The van der Waals surface area contributed by atoms with Gasteiger partial charge in [0.25, 0.3) is 5.91 Å². The Bertz CT molecular complexity index is 1320. The molecule has 0 atom stereocenters. The summed E-state index contributed by atoms with van der Waals surface area (Å²) >= 11 is 1.47. The zero-order valence-electron chi connectivity index (χ0n) is 18.7. The number of para-hydroxylation sites is 1. The van der Waals surface area contributed by atoms with Crippen LogP contribution in [0.25, 0.3) is 16.4 Å². The summed E-state index contributed by atoms with van der Waals surface area (Å²) in [4.78, 5) is 32.5. The molecule has 0 spiro atoms. The van der Waals surface area contributed by atoms with Crippen LogP contribution < -0.4 is 10.6 Å². The molecule has 8 nitrogen and oxygen atoms in total. The van der Waals surface area contributed by atoms with Gasteiger partial charge in [-0.15, -0.1) is 16.4 Å². The molecule has 0 aliphatic carbocycles. The molecule has 3 amide bonds. The monoisotopic (exact) mass is 490 g/mol. The van der Waals surface area contributed by atoms with Crippen molar-refractivity contribution >= 4 is 29.0 Å². The van der Waals surface area contributed by atoms with Crippen molar-refractivity contribution in [3.63, 3.8) is 0 Å². The molecule has 2 aromatic heterocycles. The van der Waals surface area contributed by atoms with Gasteiger partial charge >= 0.3 is 6.03 Å². The second-order valence-electron chi connectivity index (χ2n) is 8.16. The number of anilines is 1. The lowest BCUT2D eigenvalue weighted by atomic mass is 10.1. The summed E-state index contributed by atoms with van der Waals surface area (Å²) in [6.07, 6.45) is 1.24. The summed E-state index contributed by atoms with van der Waals surface area (Å²) in [5.41, 5.74) is 1.21. The Balaban J connectivity index is 1.26. The minimum Gasteiger partial charge on any atom is -0.336 e. The van der Waals surface area contributed by atoms with Crippen LogP contribution >= 0.6 is 11.3 Å². The number of carbonyl (C=O) groups excluding carboxylic acids is 2. The molecule has 2 N–H and O–H groups in total. The van der Waals surface area contributed by atoms with Gasteiger partial charge < -0.3 is 15.5 Å². The molecule has 1 aliphatic heterocycles. The number of amides is 3. The minimum absolute atomic E-state index is 0.0396. The molecule has 1 aliphatic rings. The van der Waals surface area contributed by atoms with E-state index < -0.39 is 5.82 Å². The van der Waals surface area contributed by atoms with Crippen LogP contribution in [0.5, 0.6) is 0 Å². The molecular formula is C25H23FN6O2S. The van der Waals surface area contributed by atoms with Gasteiger partial charge in [-0.05, 0) is 54.6 Å². The van der Waals surface area contributed by atoms with Crippen molar-refractivity contribution in [1.82, 2.24) is 25.0 Å². The number of nitrogens with zero attached hydrogens (tertiary/aromatic N) is 4. The van der Waals surface area contributed by atoms with Crippen molar-refractivity contribution in [2.45, 2.75) is 18.9 Å². The smallest absolute Gasteiger partial charge is 0.319 e. The number of likely N-dealkylation sites (tertiary alicyclic amines) is 1. The molecule has 5 rings (SSSR count). The highest BCUT2D eigenvalue weighted by molar-refractivity contribution is 7.13. The molecule has 0 bridgehead atoms. The van der Waals surface area contributed by atoms with E-state index in [1.807, 2.05) is 47.8 Å². The zero-order valence-corrected chi connectivity index (χ0v) is 19.5. The Morgan fingerprint density at radius 2 is 1.80 bits per heavy atom. The Labute approximate surface area is 205 Å². The van der Waals surface area contributed by atoms with E-state index in [9.17, 15) is 14.0 Å². The number of hydrogen-bond donors (Lipinski definition) is 2. The normalized spacial score (nSPS) is 14.0. The van der Waals surface area contributed by atoms with Crippen molar-refractivity contribution in [3.05, 3.63) is 83.8 Å². The number of aromatic nitrogens is 3. The van der Waals surface area contributed by atoms with Gasteiger partial charge in [0.1, 0.15) is 5.82 Å². The third-order valence-electron chi connectivity index (χ3n) is 5.74. The lowest BCUT2D eigenvalue weighted by Gasteiger charge is -2.31. The maximum atomic E-state index is 13.9. The molecule has 0 saturated carbocycles. The molecule has 35 heavy (non-hydrogen) atoms. The number of thiophene rings is 1. The second kappa shape index (κ2) is 10.1. The fraction of sp³-hybridized carbons (Fsp3) is 0.200. The summed E-state index contributed by atoms with van der Waals surface area (Å²) in [6, 6.07) is 18.7. The Morgan fingerprint density at radius 1 is 1.00 bits per heavy atom.